The Morgan fingerprint density at radius 3 is 2.82 bits per heavy atom. The van der Waals surface area contributed by atoms with Crippen LogP contribution in [-0.4, -0.2) is 61.6 Å². The van der Waals surface area contributed by atoms with Gasteiger partial charge in [-0.1, -0.05) is 0 Å². The average Bonchev–Trinajstić information content (AvgIpc) is 3.40. The van der Waals surface area contributed by atoms with Crippen molar-refractivity contribution in [3.8, 4) is 0 Å². The molecule has 2 aliphatic rings. The fraction of sp³-hybridized carbons (Fsp3) is 0.478. The van der Waals surface area contributed by atoms with E-state index in [1.54, 1.807) is 30.1 Å². The molecule has 34 heavy (non-hydrogen) atoms. The first-order valence-corrected chi connectivity index (χ1v) is 11.3. The van der Waals surface area contributed by atoms with Gasteiger partial charge in [-0.15, -0.1) is 0 Å². The van der Waals surface area contributed by atoms with E-state index in [1.807, 2.05) is 16.8 Å². The van der Waals surface area contributed by atoms with Gasteiger partial charge < -0.3 is 15.1 Å². The molecule has 0 aliphatic carbocycles. The van der Waals surface area contributed by atoms with E-state index in [0.717, 1.165) is 30.8 Å². The third-order valence-corrected chi connectivity index (χ3v) is 6.63. The molecule has 0 spiro atoms. The van der Waals surface area contributed by atoms with Crippen molar-refractivity contribution in [2.24, 2.45) is 0 Å². The third kappa shape index (κ3) is 4.31. The Kier molecular flexibility index (Phi) is 5.67. The summed E-state index contributed by atoms with van der Waals surface area (Å²) in [5, 5.41) is 8.10. The zero-order valence-electron chi connectivity index (χ0n) is 19.1. The van der Waals surface area contributed by atoms with Crippen LogP contribution in [0.2, 0.25) is 0 Å². The molecule has 1 amide bonds. The van der Waals surface area contributed by atoms with E-state index < -0.39 is 11.7 Å². The second-order valence-electron chi connectivity index (χ2n) is 9.08. The molecular formula is C23H26F3N7O. The van der Waals surface area contributed by atoms with E-state index >= 15 is 0 Å². The molecule has 0 bridgehead atoms. The number of likely N-dealkylation sites (N-methyl/N-ethyl adjacent to an activating group) is 1. The van der Waals surface area contributed by atoms with Crippen molar-refractivity contribution in [3.63, 3.8) is 0 Å². The Labute approximate surface area is 194 Å². The molecule has 2 aliphatic heterocycles. The Morgan fingerprint density at radius 2 is 2.06 bits per heavy atom. The molecule has 11 heteroatoms. The Hall–Kier alpha value is -3.21. The number of rotatable bonds is 4. The van der Waals surface area contributed by atoms with Gasteiger partial charge >= 0.3 is 6.18 Å². The fourth-order valence-electron chi connectivity index (χ4n) is 5.00. The molecule has 1 fully saturated rings. The first-order chi connectivity index (χ1) is 16.2. The Morgan fingerprint density at radius 1 is 1.24 bits per heavy atom. The van der Waals surface area contributed by atoms with Crippen LogP contribution in [-0.2, 0) is 30.5 Å². The van der Waals surface area contributed by atoms with Crippen molar-refractivity contribution >= 4 is 28.6 Å². The highest BCUT2D eigenvalue weighted by molar-refractivity contribution is 5.76. The number of carbonyl (C=O) groups excluding carboxylic acids is 1. The molecule has 0 radical (unpaired) electrons. The van der Waals surface area contributed by atoms with E-state index in [0.29, 0.717) is 48.5 Å². The minimum atomic E-state index is -4.44. The summed E-state index contributed by atoms with van der Waals surface area (Å²) < 4.78 is 43.1. The van der Waals surface area contributed by atoms with Crippen LogP contribution in [0.1, 0.15) is 36.5 Å². The van der Waals surface area contributed by atoms with Crippen molar-refractivity contribution in [1.29, 1.82) is 0 Å². The van der Waals surface area contributed by atoms with Gasteiger partial charge in [-0.3, -0.25) is 4.79 Å². The lowest BCUT2D eigenvalue weighted by Crippen LogP contribution is -2.36. The largest absolute Gasteiger partial charge is 0.416 e. The molecule has 0 saturated carbocycles. The number of nitrogens with one attached hydrogen (secondary N) is 1. The van der Waals surface area contributed by atoms with Gasteiger partial charge in [0.2, 0.25) is 11.9 Å². The zero-order valence-corrected chi connectivity index (χ0v) is 19.1. The number of halogens is 3. The summed E-state index contributed by atoms with van der Waals surface area (Å²) in [7, 11) is 1.89. The summed E-state index contributed by atoms with van der Waals surface area (Å²) in [5.41, 5.74) is 1.27. The number of hydrogen-bond acceptors (Lipinski definition) is 6. The van der Waals surface area contributed by atoms with Crippen LogP contribution >= 0.6 is 0 Å². The maximum absolute atomic E-state index is 13.8. The number of fused-ring (bicyclic) bond motifs is 2. The van der Waals surface area contributed by atoms with Crippen LogP contribution < -0.4 is 5.32 Å². The molecule has 1 saturated heterocycles. The minimum Gasteiger partial charge on any atom is -0.338 e. The van der Waals surface area contributed by atoms with Crippen molar-refractivity contribution in [3.05, 3.63) is 41.2 Å². The van der Waals surface area contributed by atoms with Crippen molar-refractivity contribution in [2.45, 2.75) is 51.5 Å². The van der Waals surface area contributed by atoms with E-state index in [4.69, 9.17) is 0 Å². The monoisotopic (exact) mass is 473 g/mol. The normalized spacial score (nSPS) is 19.0. The maximum atomic E-state index is 13.8. The average molecular weight is 474 g/mol. The van der Waals surface area contributed by atoms with E-state index in [-0.39, 0.29) is 17.9 Å². The number of hydrogen-bond donors (Lipinski definition) is 1. The predicted molar refractivity (Wildman–Crippen MR) is 120 cm³/mol. The lowest BCUT2D eigenvalue weighted by Gasteiger charge is -2.28. The predicted octanol–water partition coefficient (Wildman–Crippen LogP) is 3.59. The van der Waals surface area contributed by atoms with Gasteiger partial charge in [-0.25, -0.2) is 9.67 Å². The maximum Gasteiger partial charge on any atom is 0.416 e. The van der Waals surface area contributed by atoms with Gasteiger partial charge in [0, 0.05) is 38.4 Å². The summed E-state index contributed by atoms with van der Waals surface area (Å²) in [6.45, 7) is 3.84. The first-order valence-electron chi connectivity index (χ1n) is 11.3. The molecule has 1 N–H and O–H groups in total. The number of carbonyl (C=O) groups is 1. The molecule has 1 aromatic carbocycles. The lowest BCUT2D eigenvalue weighted by molar-refractivity contribution is -0.138. The topological polar surface area (TPSA) is 79.2 Å². The molecule has 8 nitrogen and oxygen atoms in total. The second kappa shape index (κ2) is 8.53. The number of nitrogens with zero attached hydrogens (tertiary/aromatic N) is 6. The van der Waals surface area contributed by atoms with Crippen LogP contribution in [0.15, 0.2) is 24.5 Å². The number of benzene rings is 1. The molecule has 5 rings (SSSR count). The summed E-state index contributed by atoms with van der Waals surface area (Å²) >= 11 is 0. The second-order valence-corrected chi connectivity index (χ2v) is 9.08. The van der Waals surface area contributed by atoms with Crippen molar-refractivity contribution in [2.75, 3.05) is 25.5 Å². The van der Waals surface area contributed by atoms with E-state index in [9.17, 15) is 18.0 Å². The molecule has 0 unspecified atom stereocenters. The minimum absolute atomic E-state index is 0.0365. The van der Waals surface area contributed by atoms with Gasteiger partial charge in [0.1, 0.15) is 0 Å². The van der Waals surface area contributed by atoms with Gasteiger partial charge in [0.15, 0.2) is 5.65 Å². The van der Waals surface area contributed by atoms with E-state index in [1.165, 1.54) is 0 Å². The van der Waals surface area contributed by atoms with Gasteiger partial charge in [-0.2, -0.15) is 23.3 Å². The Balaban J connectivity index is 1.45. The fourth-order valence-corrected chi connectivity index (χ4v) is 5.00. The smallest absolute Gasteiger partial charge is 0.338 e. The number of aromatic nitrogens is 4. The quantitative estimate of drug-likeness (QED) is 0.624. The molecule has 3 aromatic rings. The van der Waals surface area contributed by atoms with Crippen LogP contribution in [0.25, 0.3) is 11.0 Å². The summed E-state index contributed by atoms with van der Waals surface area (Å²) in [5.74, 6) is 0.232. The van der Waals surface area contributed by atoms with Crippen LogP contribution in [0.5, 0.6) is 0 Å². The molecular weight excluding hydrogens is 447 g/mol. The summed E-state index contributed by atoms with van der Waals surface area (Å²) in [6.07, 6.45) is 1.01. The number of amides is 1. The Bertz CT molecular complexity index is 1240. The molecule has 180 valence electrons. The first kappa shape index (κ1) is 22.6. The number of alkyl halides is 3. The highest BCUT2D eigenvalue weighted by Gasteiger charge is 2.36. The van der Waals surface area contributed by atoms with Crippen LogP contribution in [0.4, 0.5) is 24.8 Å². The van der Waals surface area contributed by atoms with Crippen molar-refractivity contribution < 1.29 is 18.0 Å². The van der Waals surface area contributed by atoms with Gasteiger partial charge in [-0.05, 0) is 49.6 Å². The molecule has 4 heterocycles. The van der Waals surface area contributed by atoms with Crippen molar-refractivity contribution in [1.82, 2.24) is 29.5 Å². The lowest BCUT2D eigenvalue weighted by atomic mass is 9.93. The van der Waals surface area contributed by atoms with Gasteiger partial charge in [0.05, 0.1) is 29.7 Å². The highest BCUT2D eigenvalue weighted by atomic mass is 19.4. The zero-order chi connectivity index (χ0) is 24.0. The van der Waals surface area contributed by atoms with Crippen LogP contribution in [0, 0.1) is 0 Å². The van der Waals surface area contributed by atoms with Gasteiger partial charge in [0.25, 0.3) is 0 Å². The summed E-state index contributed by atoms with van der Waals surface area (Å²) in [4.78, 5) is 24.6. The highest BCUT2D eigenvalue weighted by Crippen LogP contribution is 2.38. The number of anilines is 2. The summed E-state index contributed by atoms with van der Waals surface area (Å²) in [6, 6.07) is 2.92. The van der Waals surface area contributed by atoms with Crippen LogP contribution in [0.3, 0.4) is 0 Å². The number of likely N-dealkylation sites (tertiary alicyclic amines) is 1. The van der Waals surface area contributed by atoms with E-state index in [2.05, 4.69) is 20.4 Å². The standard InChI is InChI=1S/C23H26F3N7O/c1-14(34)32-6-3-4-18(32)13-33-21-16(11-28-33)10-27-22(30-21)29-17-8-15-12-31(2)7-5-19(15)20(9-17)23(24,25)26/h8-11,18H,3-7,12-13H2,1-2H3,(H,27,29,30)/t18-/m0/s1. The SMILES string of the molecule is CC(=O)N1CCC[C@H]1Cn1ncc2cnc(Nc3cc4c(c(C(F)(F)F)c3)CCN(C)C4)nc21. The molecule has 2 aromatic heterocycles. The third-order valence-electron chi connectivity index (χ3n) is 6.63. The molecule has 1 atom stereocenters.